The number of hydrogen-bond acceptors (Lipinski definition) is 1. The molecule has 0 aliphatic heterocycles. The molecular formula is C12H17FO. The van der Waals surface area contributed by atoms with Gasteiger partial charge in [-0.2, -0.15) is 0 Å². The Bertz CT molecular complexity index is 289. The summed E-state index contributed by atoms with van der Waals surface area (Å²) in [6, 6.07) is 6.81. The predicted octanol–water partition coefficient (Wildman–Crippen LogP) is 3.18. The van der Waals surface area contributed by atoms with E-state index in [1.165, 1.54) is 6.07 Å². The van der Waals surface area contributed by atoms with E-state index in [9.17, 15) is 4.39 Å². The molecule has 1 rings (SSSR count). The number of benzene rings is 1. The molecule has 0 saturated heterocycles. The molecule has 0 saturated carbocycles. The van der Waals surface area contributed by atoms with Crippen LogP contribution in [0.1, 0.15) is 26.3 Å². The Morgan fingerprint density at radius 1 is 1.21 bits per heavy atom. The van der Waals surface area contributed by atoms with Crippen LogP contribution in [0.15, 0.2) is 24.3 Å². The van der Waals surface area contributed by atoms with Crippen LogP contribution < -0.4 is 0 Å². The van der Waals surface area contributed by atoms with Crippen LogP contribution >= 0.6 is 0 Å². The van der Waals surface area contributed by atoms with E-state index in [1.54, 1.807) is 12.1 Å². The van der Waals surface area contributed by atoms with Crippen molar-refractivity contribution in [2.45, 2.75) is 32.8 Å². The predicted molar refractivity (Wildman–Crippen MR) is 55.8 cm³/mol. The summed E-state index contributed by atoms with van der Waals surface area (Å²) in [7, 11) is 0. The van der Waals surface area contributed by atoms with E-state index in [0.29, 0.717) is 13.0 Å². The van der Waals surface area contributed by atoms with Crippen molar-refractivity contribution in [1.29, 1.82) is 0 Å². The van der Waals surface area contributed by atoms with Crippen molar-refractivity contribution in [3.8, 4) is 0 Å². The van der Waals surface area contributed by atoms with Gasteiger partial charge in [0.2, 0.25) is 0 Å². The van der Waals surface area contributed by atoms with Crippen molar-refractivity contribution in [1.82, 2.24) is 0 Å². The lowest BCUT2D eigenvalue weighted by Gasteiger charge is -2.19. The molecule has 78 valence electrons. The normalized spacial score (nSPS) is 11.7. The standard InChI is InChI=1S/C12H17FO/c1-12(2,3)14-9-8-10-6-4-5-7-11(10)13/h4-7H,8-9H2,1-3H3. The molecule has 0 bridgehead atoms. The van der Waals surface area contributed by atoms with Crippen LogP contribution in [0.5, 0.6) is 0 Å². The summed E-state index contributed by atoms with van der Waals surface area (Å²) in [5, 5.41) is 0. The lowest BCUT2D eigenvalue weighted by molar-refractivity contribution is -0.00123. The summed E-state index contributed by atoms with van der Waals surface area (Å²) >= 11 is 0. The highest BCUT2D eigenvalue weighted by molar-refractivity contribution is 5.17. The molecule has 0 aliphatic carbocycles. The average molecular weight is 196 g/mol. The molecule has 0 aromatic heterocycles. The molecular weight excluding hydrogens is 179 g/mol. The highest BCUT2D eigenvalue weighted by Gasteiger charge is 2.10. The molecule has 1 aromatic rings. The first-order chi connectivity index (χ1) is 6.49. The van der Waals surface area contributed by atoms with Crippen LogP contribution in [0.3, 0.4) is 0 Å². The number of hydrogen-bond donors (Lipinski definition) is 0. The summed E-state index contributed by atoms with van der Waals surface area (Å²) < 4.78 is 18.7. The van der Waals surface area contributed by atoms with Gasteiger partial charge in [0.05, 0.1) is 12.2 Å². The van der Waals surface area contributed by atoms with Gasteiger partial charge < -0.3 is 4.74 Å². The van der Waals surface area contributed by atoms with E-state index in [1.807, 2.05) is 26.8 Å². The van der Waals surface area contributed by atoms with Crippen LogP contribution in [0.25, 0.3) is 0 Å². The molecule has 0 spiro atoms. The maximum atomic E-state index is 13.2. The van der Waals surface area contributed by atoms with E-state index in [-0.39, 0.29) is 11.4 Å². The summed E-state index contributed by atoms with van der Waals surface area (Å²) in [5.74, 6) is -0.148. The molecule has 0 aliphatic rings. The van der Waals surface area contributed by atoms with Gasteiger partial charge in [-0.25, -0.2) is 4.39 Å². The van der Waals surface area contributed by atoms with Crippen molar-refractivity contribution < 1.29 is 9.13 Å². The number of ether oxygens (including phenoxy) is 1. The molecule has 0 heterocycles. The topological polar surface area (TPSA) is 9.23 Å². The van der Waals surface area contributed by atoms with Gasteiger partial charge in [0.1, 0.15) is 5.82 Å². The van der Waals surface area contributed by atoms with Gasteiger partial charge >= 0.3 is 0 Å². The highest BCUT2D eigenvalue weighted by atomic mass is 19.1. The van der Waals surface area contributed by atoms with Crippen LogP contribution in [-0.4, -0.2) is 12.2 Å². The Labute approximate surface area is 84.9 Å². The Morgan fingerprint density at radius 2 is 1.86 bits per heavy atom. The zero-order valence-corrected chi connectivity index (χ0v) is 9.01. The molecule has 14 heavy (non-hydrogen) atoms. The Balaban J connectivity index is 2.43. The van der Waals surface area contributed by atoms with Crippen molar-refractivity contribution >= 4 is 0 Å². The maximum Gasteiger partial charge on any atom is 0.126 e. The van der Waals surface area contributed by atoms with Crippen LogP contribution in [0.2, 0.25) is 0 Å². The van der Waals surface area contributed by atoms with E-state index in [2.05, 4.69) is 0 Å². The maximum absolute atomic E-state index is 13.2. The zero-order chi connectivity index (χ0) is 10.6. The average Bonchev–Trinajstić information content (AvgIpc) is 2.06. The summed E-state index contributed by atoms with van der Waals surface area (Å²) in [4.78, 5) is 0. The van der Waals surface area contributed by atoms with Gasteiger partial charge in [0, 0.05) is 0 Å². The second-order valence-corrected chi connectivity index (χ2v) is 4.30. The van der Waals surface area contributed by atoms with Gasteiger partial charge in [-0.3, -0.25) is 0 Å². The monoisotopic (exact) mass is 196 g/mol. The molecule has 1 nitrogen and oxygen atoms in total. The molecule has 0 radical (unpaired) electrons. The Hall–Kier alpha value is -0.890. The SMILES string of the molecule is CC(C)(C)OCCc1ccccc1F. The molecule has 2 heteroatoms. The Morgan fingerprint density at radius 3 is 2.43 bits per heavy atom. The summed E-state index contributed by atoms with van der Waals surface area (Å²) in [5.41, 5.74) is 0.572. The van der Waals surface area contributed by atoms with Gasteiger partial charge in [-0.05, 0) is 38.8 Å². The lowest BCUT2D eigenvalue weighted by Crippen LogP contribution is -2.20. The molecule has 0 amide bonds. The number of halogens is 1. The van der Waals surface area contributed by atoms with Gasteiger partial charge in [-0.1, -0.05) is 18.2 Å². The van der Waals surface area contributed by atoms with E-state index in [0.717, 1.165) is 5.56 Å². The molecule has 0 unspecified atom stereocenters. The minimum absolute atomic E-state index is 0.148. The highest BCUT2D eigenvalue weighted by Crippen LogP contribution is 2.10. The minimum atomic E-state index is -0.148. The fourth-order valence-electron chi connectivity index (χ4n) is 1.17. The van der Waals surface area contributed by atoms with Crippen molar-refractivity contribution in [2.24, 2.45) is 0 Å². The molecule has 1 aromatic carbocycles. The third-order valence-electron chi connectivity index (χ3n) is 1.86. The smallest absolute Gasteiger partial charge is 0.126 e. The van der Waals surface area contributed by atoms with Crippen molar-refractivity contribution in [2.75, 3.05) is 6.61 Å². The minimum Gasteiger partial charge on any atom is -0.376 e. The van der Waals surface area contributed by atoms with Crippen LogP contribution in [-0.2, 0) is 11.2 Å². The second kappa shape index (κ2) is 4.56. The van der Waals surface area contributed by atoms with E-state index in [4.69, 9.17) is 4.74 Å². The molecule has 0 N–H and O–H groups in total. The van der Waals surface area contributed by atoms with Crippen molar-refractivity contribution in [3.05, 3.63) is 35.6 Å². The second-order valence-electron chi connectivity index (χ2n) is 4.30. The van der Waals surface area contributed by atoms with Gasteiger partial charge in [0.15, 0.2) is 0 Å². The fraction of sp³-hybridized carbons (Fsp3) is 0.500. The fourth-order valence-corrected chi connectivity index (χ4v) is 1.17. The number of rotatable bonds is 3. The molecule has 0 fully saturated rings. The third-order valence-corrected chi connectivity index (χ3v) is 1.86. The third kappa shape index (κ3) is 3.88. The van der Waals surface area contributed by atoms with E-state index >= 15 is 0 Å². The van der Waals surface area contributed by atoms with Gasteiger partial charge in [-0.15, -0.1) is 0 Å². The van der Waals surface area contributed by atoms with E-state index < -0.39 is 0 Å². The largest absolute Gasteiger partial charge is 0.376 e. The first-order valence-corrected chi connectivity index (χ1v) is 4.86. The van der Waals surface area contributed by atoms with Crippen LogP contribution in [0.4, 0.5) is 4.39 Å². The quantitative estimate of drug-likeness (QED) is 0.721. The lowest BCUT2D eigenvalue weighted by atomic mass is 10.1. The Kier molecular flexibility index (Phi) is 3.64. The summed E-state index contributed by atoms with van der Waals surface area (Å²) in [6.45, 7) is 6.54. The van der Waals surface area contributed by atoms with Crippen molar-refractivity contribution in [3.63, 3.8) is 0 Å². The zero-order valence-electron chi connectivity index (χ0n) is 9.01. The van der Waals surface area contributed by atoms with Crippen LogP contribution in [0, 0.1) is 5.82 Å². The molecule has 0 atom stereocenters. The first kappa shape index (κ1) is 11.2. The first-order valence-electron chi connectivity index (χ1n) is 4.86. The van der Waals surface area contributed by atoms with Gasteiger partial charge in [0.25, 0.3) is 0 Å². The summed E-state index contributed by atoms with van der Waals surface area (Å²) in [6.07, 6.45) is 0.629.